The van der Waals surface area contributed by atoms with Crippen molar-refractivity contribution >= 4 is 18.3 Å². The van der Waals surface area contributed by atoms with Gasteiger partial charge in [-0.25, -0.2) is 10.5 Å². The van der Waals surface area contributed by atoms with Gasteiger partial charge in [0.2, 0.25) is 5.90 Å². The monoisotopic (exact) mass is 175 g/mol. The van der Waals surface area contributed by atoms with E-state index in [0.717, 1.165) is 11.3 Å². The summed E-state index contributed by atoms with van der Waals surface area (Å²) in [6, 6.07) is 0. The fraction of sp³-hybridized carbons (Fsp3) is 0. The molecule has 0 saturated carbocycles. The summed E-state index contributed by atoms with van der Waals surface area (Å²) >= 11 is 0. The van der Waals surface area contributed by atoms with Gasteiger partial charge in [-0.3, -0.25) is 0 Å². The molecule has 3 rings (SSSR count). The lowest BCUT2D eigenvalue weighted by Crippen LogP contribution is -2.22. The summed E-state index contributed by atoms with van der Waals surface area (Å²) in [7, 11) is 0. The van der Waals surface area contributed by atoms with Crippen LogP contribution in [0.2, 0.25) is 0 Å². The molecule has 0 spiro atoms. The maximum Gasteiger partial charge on any atom is 0.248 e. The number of rotatable bonds is 0. The molecule has 0 amide bonds. The van der Waals surface area contributed by atoms with Gasteiger partial charge in [0.15, 0.2) is 0 Å². The number of fused-ring (bicyclic) bond motifs is 2. The van der Waals surface area contributed by atoms with E-state index in [2.05, 4.69) is 20.8 Å². The molecular weight excluding hydrogens is 170 g/mol. The number of hydrogen-bond donors (Lipinski definition) is 1. The minimum absolute atomic E-state index is 0.511. The van der Waals surface area contributed by atoms with Gasteiger partial charge in [-0.15, -0.1) is 5.10 Å². The van der Waals surface area contributed by atoms with Gasteiger partial charge in [0.1, 0.15) is 12.0 Å². The zero-order valence-corrected chi connectivity index (χ0v) is 6.51. The first-order valence-corrected chi connectivity index (χ1v) is 3.71. The highest BCUT2D eigenvalue weighted by Gasteiger charge is 2.20. The smallest absolute Gasteiger partial charge is 0.248 e. The molecule has 0 radical (unpaired) electrons. The van der Waals surface area contributed by atoms with Crippen LogP contribution in [0.5, 0.6) is 0 Å². The SMILES string of the molecule is C1=NN=C2OC=C3C=NNN3C=C12. The van der Waals surface area contributed by atoms with Crippen LogP contribution in [0, 0.1) is 0 Å². The van der Waals surface area contributed by atoms with Crippen molar-refractivity contribution in [1.82, 2.24) is 10.5 Å². The molecule has 0 fully saturated rings. The summed E-state index contributed by atoms with van der Waals surface area (Å²) in [4.78, 5) is 0. The predicted octanol–water partition coefficient (Wildman–Crippen LogP) is -0.0542. The second-order valence-corrected chi connectivity index (χ2v) is 2.62. The third kappa shape index (κ3) is 0.851. The first-order chi connectivity index (χ1) is 6.43. The highest BCUT2D eigenvalue weighted by Crippen LogP contribution is 2.16. The van der Waals surface area contributed by atoms with Crippen LogP contribution >= 0.6 is 0 Å². The molecule has 0 unspecified atom stereocenters. The number of ether oxygens (including phenoxy) is 1. The van der Waals surface area contributed by atoms with Gasteiger partial charge in [-0.2, -0.15) is 10.2 Å². The molecule has 0 aromatic rings. The Balaban J connectivity index is 2.06. The first kappa shape index (κ1) is 6.41. The fourth-order valence-corrected chi connectivity index (χ4v) is 1.16. The minimum Gasteiger partial charge on any atom is -0.443 e. The van der Waals surface area contributed by atoms with E-state index in [4.69, 9.17) is 4.74 Å². The van der Waals surface area contributed by atoms with E-state index in [9.17, 15) is 0 Å². The van der Waals surface area contributed by atoms with Gasteiger partial charge in [0.25, 0.3) is 0 Å². The molecule has 0 aromatic heterocycles. The number of hydrazone groups is 1. The number of nitrogens with zero attached hydrogens (tertiary/aromatic N) is 4. The maximum absolute atomic E-state index is 5.26. The van der Waals surface area contributed by atoms with Gasteiger partial charge < -0.3 is 4.74 Å². The van der Waals surface area contributed by atoms with Crippen molar-refractivity contribution in [2.75, 3.05) is 0 Å². The van der Waals surface area contributed by atoms with Gasteiger partial charge in [0, 0.05) is 6.20 Å². The van der Waals surface area contributed by atoms with E-state index >= 15 is 0 Å². The van der Waals surface area contributed by atoms with E-state index < -0.39 is 0 Å². The Morgan fingerprint density at radius 1 is 1.38 bits per heavy atom. The maximum atomic E-state index is 5.26. The van der Waals surface area contributed by atoms with E-state index in [-0.39, 0.29) is 0 Å². The van der Waals surface area contributed by atoms with Crippen molar-refractivity contribution in [2.24, 2.45) is 15.3 Å². The summed E-state index contributed by atoms with van der Waals surface area (Å²) in [5.41, 5.74) is 4.43. The van der Waals surface area contributed by atoms with Crippen LogP contribution in [-0.4, -0.2) is 23.3 Å². The average Bonchev–Trinajstić information content (AvgIpc) is 2.72. The van der Waals surface area contributed by atoms with Crippen molar-refractivity contribution < 1.29 is 4.74 Å². The molecule has 0 aromatic carbocycles. The average molecular weight is 175 g/mol. The van der Waals surface area contributed by atoms with Crippen LogP contribution in [0.3, 0.4) is 0 Å². The van der Waals surface area contributed by atoms with Crippen LogP contribution in [0.15, 0.2) is 39.0 Å². The van der Waals surface area contributed by atoms with Crippen molar-refractivity contribution in [1.29, 1.82) is 0 Å². The second-order valence-electron chi connectivity index (χ2n) is 2.62. The Labute approximate surface area is 73.6 Å². The molecule has 0 atom stereocenters. The summed E-state index contributed by atoms with van der Waals surface area (Å²) < 4.78 is 5.26. The van der Waals surface area contributed by atoms with Gasteiger partial charge in [0.05, 0.1) is 18.0 Å². The highest BCUT2D eigenvalue weighted by atomic mass is 16.5. The zero-order valence-electron chi connectivity index (χ0n) is 6.51. The van der Waals surface area contributed by atoms with Crippen LogP contribution in [-0.2, 0) is 4.74 Å². The van der Waals surface area contributed by atoms with Crippen LogP contribution in [0.4, 0.5) is 0 Å². The van der Waals surface area contributed by atoms with Crippen molar-refractivity contribution in [3.8, 4) is 0 Å². The Bertz CT molecular complexity index is 403. The van der Waals surface area contributed by atoms with Crippen molar-refractivity contribution in [2.45, 2.75) is 0 Å². The lowest BCUT2D eigenvalue weighted by atomic mass is 10.3. The third-order valence-corrected chi connectivity index (χ3v) is 1.79. The van der Waals surface area contributed by atoms with E-state index in [1.807, 2.05) is 6.20 Å². The van der Waals surface area contributed by atoms with Gasteiger partial charge in [-0.05, 0) is 0 Å². The topological polar surface area (TPSA) is 61.6 Å². The lowest BCUT2D eigenvalue weighted by Gasteiger charge is -2.10. The molecular formula is C7H5N5O. The molecule has 0 bridgehead atoms. The van der Waals surface area contributed by atoms with Crippen LogP contribution in [0.25, 0.3) is 0 Å². The van der Waals surface area contributed by atoms with Crippen LogP contribution < -0.4 is 5.53 Å². The summed E-state index contributed by atoms with van der Waals surface area (Å²) in [6.07, 6.45) is 6.68. The molecule has 1 N–H and O–H groups in total. The fourth-order valence-electron chi connectivity index (χ4n) is 1.16. The lowest BCUT2D eigenvalue weighted by molar-refractivity contribution is 0.375. The number of nitrogens with one attached hydrogen (secondary N) is 1. The molecule has 3 aliphatic heterocycles. The molecule has 0 saturated heterocycles. The molecule has 3 heterocycles. The molecule has 6 heteroatoms. The Kier molecular flexibility index (Phi) is 1.08. The molecule has 13 heavy (non-hydrogen) atoms. The third-order valence-electron chi connectivity index (χ3n) is 1.79. The normalized spacial score (nSPS) is 22.2. The second kappa shape index (κ2) is 2.19. The van der Waals surface area contributed by atoms with Crippen LogP contribution in [0.1, 0.15) is 0 Å². The predicted molar refractivity (Wildman–Crippen MR) is 46.6 cm³/mol. The zero-order chi connectivity index (χ0) is 8.67. The molecule has 64 valence electrons. The molecule has 3 aliphatic rings. The first-order valence-electron chi connectivity index (χ1n) is 3.71. The minimum atomic E-state index is 0.511. The summed E-state index contributed by atoms with van der Waals surface area (Å²) in [5, 5.41) is 13.1. The number of hydrogen-bond acceptors (Lipinski definition) is 6. The number of allylic oxidation sites excluding steroid dienone is 1. The van der Waals surface area contributed by atoms with Gasteiger partial charge >= 0.3 is 0 Å². The standard InChI is InChI=1S/C7H5N5O/c1-5-3-12-6(2-9-11-12)4-13-7(5)10-8-1/h1-4,11H. The number of hydrazine groups is 1. The van der Waals surface area contributed by atoms with E-state index in [0.29, 0.717) is 5.90 Å². The molecule has 0 aliphatic carbocycles. The molecule has 6 nitrogen and oxygen atoms in total. The Morgan fingerprint density at radius 2 is 2.38 bits per heavy atom. The summed E-state index contributed by atoms with van der Waals surface area (Å²) in [5.74, 6) is 0.511. The highest BCUT2D eigenvalue weighted by molar-refractivity contribution is 6.15. The Morgan fingerprint density at radius 3 is 3.38 bits per heavy atom. The summed E-state index contributed by atoms with van der Waals surface area (Å²) in [6.45, 7) is 0. The Hall–Kier alpha value is -2.11. The largest absolute Gasteiger partial charge is 0.443 e. The van der Waals surface area contributed by atoms with Crippen molar-refractivity contribution in [3.63, 3.8) is 0 Å². The van der Waals surface area contributed by atoms with Crippen molar-refractivity contribution in [3.05, 3.63) is 23.7 Å². The quantitative estimate of drug-likeness (QED) is 0.561. The van der Waals surface area contributed by atoms with E-state index in [1.54, 1.807) is 23.7 Å². The van der Waals surface area contributed by atoms with Gasteiger partial charge in [-0.1, -0.05) is 0 Å². The van der Waals surface area contributed by atoms with E-state index in [1.165, 1.54) is 0 Å².